The maximum absolute atomic E-state index is 12.9. The summed E-state index contributed by atoms with van der Waals surface area (Å²) < 4.78 is 58.6. The van der Waals surface area contributed by atoms with E-state index in [1.54, 1.807) is 7.11 Å². The molecule has 0 amide bonds. The maximum Gasteiger partial charge on any atom is 0.333 e. The molecule has 1 heterocycles. The summed E-state index contributed by atoms with van der Waals surface area (Å²) in [6, 6.07) is 5.59. The fraction of sp³-hybridized carbons (Fsp3) is 0.438. The van der Waals surface area contributed by atoms with Crippen LogP contribution in [0.15, 0.2) is 23.1 Å². The minimum absolute atomic E-state index is 0.0468. The topological polar surface area (TPSA) is 73.2 Å². The van der Waals surface area contributed by atoms with E-state index in [2.05, 4.69) is 9.82 Å². The zero-order valence-electron chi connectivity index (χ0n) is 14.5. The number of sulfonamides is 1. The fourth-order valence-corrected chi connectivity index (χ4v) is 4.15. The minimum Gasteiger partial charge on any atom is -0.496 e. The van der Waals surface area contributed by atoms with Gasteiger partial charge in [-0.1, -0.05) is 12.1 Å². The van der Waals surface area contributed by atoms with Gasteiger partial charge in [0, 0.05) is 6.54 Å². The van der Waals surface area contributed by atoms with Crippen molar-refractivity contribution in [1.82, 2.24) is 14.5 Å². The molecule has 1 aromatic heterocycles. The molecule has 0 fully saturated rings. The Balaban J connectivity index is 2.11. The number of aromatic nitrogens is 2. The molecule has 0 saturated heterocycles. The lowest BCUT2D eigenvalue weighted by Gasteiger charge is -2.09. The summed E-state index contributed by atoms with van der Waals surface area (Å²) in [6.45, 7) is 1.87. The molecule has 0 radical (unpaired) electrons. The molecule has 1 N–H and O–H groups in total. The number of hydrogen-bond acceptors (Lipinski definition) is 4. The molecule has 9 heteroatoms. The number of alkyl halides is 2. The first-order chi connectivity index (χ1) is 11.7. The number of halogens is 2. The first-order valence-corrected chi connectivity index (χ1v) is 9.12. The molecule has 0 spiro atoms. The van der Waals surface area contributed by atoms with Gasteiger partial charge in [-0.2, -0.15) is 13.9 Å². The molecule has 25 heavy (non-hydrogen) atoms. The number of aryl methyl sites for hydroxylation is 2. The summed E-state index contributed by atoms with van der Waals surface area (Å²) in [5.41, 5.74) is 1.86. The number of nitrogens with zero attached hydrogens (tertiary/aromatic N) is 2. The van der Waals surface area contributed by atoms with E-state index in [0.717, 1.165) is 16.9 Å². The lowest BCUT2D eigenvalue weighted by molar-refractivity contribution is 0.0538. The average molecular weight is 373 g/mol. The summed E-state index contributed by atoms with van der Waals surface area (Å²) in [7, 11) is -2.34. The van der Waals surface area contributed by atoms with Crippen LogP contribution in [0, 0.1) is 20.8 Å². The Morgan fingerprint density at radius 1 is 1.28 bits per heavy atom. The van der Waals surface area contributed by atoms with Gasteiger partial charge in [0.05, 0.1) is 18.5 Å². The van der Waals surface area contributed by atoms with Gasteiger partial charge in [-0.05, 0) is 44.4 Å². The summed E-state index contributed by atoms with van der Waals surface area (Å²) >= 11 is 0. The SMILES string of the molecule is COc1ccc(CCNS(=O)(=O)c2c(C)nn(C(F)F)c2C)cc1C. The van der Waals surface area contributed by atoms with Crippen molar-refractivity contribution in [3.05, 3.63) is 40.7 Å². The smallest absolute Gasteiger partial charge is 0.333 e. The van der Waals surface area contributed by atoms with E-state index in [4.69, 9.17) is 4.74 Å². The molecular weight excluding hydrogens is 352 g/mol. The first-order valence-electron chi connectivity index (χ1n) is 7.64. The predicted octanol–water partition coefficient (Wildman–Crippen LogP) is 2.73. The Labute approximate surface area is 145 Å². The van der Waals surface area contributed by atoms with Crippen LogP contribution in [-0.4, -0.2) is 31.9 Å². The Morgan fingerprint density at radius 3 is 2.48 bits per heavy atom. The molecule has 0 aliphatic carbocycles. The third kappa shape index (κ3) is 4.16. The third-order valence-corrected chi connectivity index (χ3v) is 5.59. The molecular formula is C16H21F2N3O3S. The van der Waals surface area contributed by atoms with Gasteiger partial charge in [0.2, 0.25) is 10.0 Å². The molecule has 0 unspecified atom stereocenters. The van der Waals surface area contributed by atoms with Crippen LogP contribution in [0.5, 0.6) is 5.75 Å². The maximum atomic E-state index is 12.9. The molecule has 0 aliphatic rings. The van der Waals surface area contributed by atoms with Crippen molar-refractivity contribution in [1.29, 1.82) is 0 Å². The van der Waals surface area contributed by atoms with Crippen LogP contribution >= 0.6 is 0 Å². The number of hydrogen-bond donors (Lipinski definition) is 1. The molecule has 138 valence electrons. The highest BCUT2D eigenvalue weighted by molar-refractivity contribution is 7.89. The Kier molecular flexibility index (Phi) is 5.79. The summed E-state index contributed by atoms with van der Waals surface area (Å²) in [5, 5.41) is 3.61. The molecule has 2 aromatic rings. The van der Waals surface area contributed by atoms with Gasteiger partial charge in [-0.25, -0.2) is 17.8 Å². The molecule has 0 saturated carbocycles. The van der Waals surface area contributed by atoms with E-state index in [1.807, 2.05) is 25.1 Å². The van der Waals surface area contributed by atoms with E-state index >= 15 is 0 Å². The molecule has 0 atom stereocenters. The number of methoxy groups -OCH3 is 1. The second-order valence-electron chi connectivity index (χ2n) is 5.67. The second-order valence-corrected chi connectivity index (χ2v) is 7.38. The van der Waals surface area contributed by atoms with Gasteiger partial charge in [-0.3, -0.25) is 0 Å². The highest BCUT2D eigenvalue weighted by Gasteiger charge is 2.26. The van der Waals surface area contributed by atoms with Crippen LogP contribution in [0.1, 0.15) is 29.1 Å². The highest BCUT2D eigenvalue weighted by atomic mass is 32.2. The van der Waals surface area contributed by atoms with Crippen molar-refractivity contribution in [2.24, 2.45) is 0 Å². The lowest BCUT2D eigenvalue weighted by atomic mass is 10.1. The minimum atomic E-state index is -3.92. The Bertz CT molecular complexity index is 864. The largest absolute Gasteiger partial charge is 0.496 e. The number of benzene rings is 1. The van der Waals surface area contributed by atoms with Crippen molar-refractivity contribution in [2.45, 2.75) is 38.6 Å². The van der Waals surface area contributed by atoms with E-state index in [1.165, 1.54) is 13.8 Å². The number of ether oxygens (including phenoxy) is 1. The molecule has 2 rings (SSSR count). The third-order valence-electron chi connectivity index (χ3n) is 3.88. The average Bonchev–Trinajstić information content (AvgIpc) is 2.83. The lowest BCUT2D eigenvalue weighted by Crippen LogP contribution is -2.27. The van der Waals surface area contributed by atoms with E-state index in [0.29, 0.717) is 11.1 Å². The summed E-state index contributed by atoms with van der Waals surface area (Å²) in [5.74, 6) is 0.759. The van der Waals surface area contributed by atoms with Crippen LogP contribution in [0.2, 0.25) is 0 Å². The fourth-order valence-electron chi connectivity index (χ4n) is 2.72. The van der Waals surface area contributed by atoms with Crippen LogP contribution in [-0.2, 0) is 16.4 Å². The Hall–Kier alpha value is -2.00. The molecule has 0 bridgehead atoms. The molecule has 0 aliphatic heterocycles. The van der Waals surface area contributed by atoms with Crippen LogP contribution in [0.3, 0.4) is 0 Å². The number of rotatable bonds is 7. The summed E-state index contributed by atoms with van der Waals surface area (Å²) in [4.78, 5) is -0.196. The van der Waals surface area contributed by atoms with Gasteiger partial charge < -0.3 is 4.74 Å². The standard InChI is InChI=1S/C16H21F2N3O3S/c1-10-9-13(5-6-14(10)24-4)7-8-19-25(22,23)15-11(2)20-21(12(15)3)16(17)18/h5-6,9,16,19H,7-8H2,1-4H3. The van der Waals surface area contributed by atoms with Gasteiger partial charge >= 0.3 is 6.55 Å². The van der Waals surface area contributed by atoms with Crippen molar-refractivity contribution >= 4 is 10.0 Å². The van der Waals surface area contributed by atoms with Crippen LogP contribution < -0.4 is 9.46 Å². The highest BCUT2D eigenvalue weighted by Crippen LogP contribution is 2.23. The van der Waals surface area contributed by atoms with Gasteiger partial charge in [-0.15, -0.1) is 0 Å². The van der Waals surface area contributed by atoms with E-state index < -0.39 is 16.6 Å². The van der Waals surface area contributed by atoms with Crippen LogP contribution in [0.4, 0.5) is 8.78 Å². The van der Waals surface area contributed by atoms with Crippen molar-refractivity contribution in [3.63, 3.8) is 0 Å². The van der Waals surface area contributed by atoms with Gasteiger partial charge in [0.25, 0.3) is 0 Å². The van der Waals surface area contributed by atoms with E-state index in [9.17, 15) is 17.2 Å². The normalized spacial score (nSPS) is 12.0. The summed E-state index contributed by atoms with van der Waals surface area (Å²) in [6.07, 6.45) is 0.463. The zero-order valence-corrected chi connectivity index (χ0v) is 15.3. The zero-order chi connectivity index (χ0) is 18.8. The Morgan fingerprint density at radius 2 is 1.96 bits per heavy atom. The monoisotopic (exact) mass is 373 g/mol. The first kappa shape index (κ1) is 19.3. The van der Waals surface area contributed by atoms with E-state index in [-0.39, 0.29) is 22.8 Å². The van der Waals surface area contributed by atoms with Crippen molar-refractivity contribution in [3.8, 4) is 5.75 Å². The van der Waals surface area contributed by atoms with Crippen LogP contribution in [0.25, 0.3) is 0 Å². The second kappa shape index (κ2) is 7.49. The van der Waals surface area contributed by atoms with Crippen molar-refractivity contribution in [2.75, 3.05) is 13.7 Å². The predicted molar refractivity (Wildman–Crippen MR) is 89.6 cm³/mol. The molecule has 1 aromatic carbocycles. The quantitative estimate of drug-likeness (QED) is 0.810. The van der Waals surface area contributed by atoms with Gasteiger partial charge in [0.1, 0.15) is 10.6 Å². The molecule has 6 nitrogen and oxygen atoms in total. The van der Waals surface area contributed by atoms with Gasteiger partial charge in [0.15, 0.2) is 0 Å². The van der Waals surface area contributed by atoms with Crippen molar-refractivity contribution < 1.29 is 21.9 Å². The number of nitrogens with one attached hydrogen (secondary N) is 1.